The van der Waals surface area contributed by atoms with E-state index >= 15 is 0 Å². The second-order valence-electron chi connectivity index (χ2n) is 6.10. The molecule has 1 aliphatic rings. The van der Waals surface area contributed by atoms with Gasteiger partial charge in [-0.3, -0.25) is 0 Å². The lowest BCUT2D eigenvalue weighted by Gasteiger charge is -2.09. The van der Waals surface area contributed by atoms with Crippen LogP contribution in [0.25, 0.3) is 11.0 Å². The van der Waals surface area contributed by atoms with Crippen LogP contribution in [-0.4, -0.2) is 44.9 Å². The predicted molar refractivity (Wildman–Crippen MR) is 90.1 cm³/mol. The number of fused-ring (bicyclic) bond motifs is 1. The van der Waals surface area contributed by atoms with Crippen LogP contribution in [0.1, 0.15) is 19.3 Å². The van der Waals surface area contributed by atoms with Crippen molar-refractivity contribution in [1.29, 1.82) is 0 Å². The van der Waals surface area contributed by atoms with E-state index in [-0.39, 0.29) is 34.6 Å². The lowest BCUT2D eigenvalue weighted by molar-refractivity contribution is 0.512. The van der Waals surface area contributed by atoms with Gasteiger partial charge in [-0.15, -0.1) is 0 Å². The number of hydrogen-bond acceptors (Lipinski definition) is 5. The van der Waals surface area contributed by atoms with Crippen LogP contribution in [-0.2, 0) is 19.9 Å². The average molecular weight is 373 g/mol. The molecule has 1 aliphatic heterocycles. The van der Waals surface area contributed by atoms with Crippen LogP contribution in [0, 0.1) is 5.92 Å². The summed E-state index contributed by atoms with van der Waals surface area (Å²) in [5.74, 6) is 0.566. The van der Waals surface area contributed by atoms with Crippen LogP contribution in [0.4, 0.5) is 0 Å². The smallest absolute Gasteiger partial charge is 0.306 e. The summed E-state index contributed by atoms with van der Waals surface area (Å²) in [5, 5.41) is 0. The molecular weight excluding hydrogens is 354 g/mol. The van der Waals surface area contributed by atoms with Crippen molar-refractivity contribution in [3.8, 4) is 0 Å². The molecule has 8 nitrogen and oxygen atoms in total. The highest BCUT2D eigenvalue weighted by Crippen LogP contribution is 2.22. The molecule has 1 unspecified atom stereocenters. The van der Waals surface area contributed by atoms with Crippen LogP contribution >= 0.6 is 0 Å². The molecule has 2 heterocycles. The summed E-state index contributed by atoms with van der Waals surface area (Å²) in [6.07, 6.45) is 1.93. The number of imidazole rings is 1. The second-order valence-corrected chi connectivity index (χ2v) is 10.1. The third-order valence-electron chi connectivity index (χ3n) is 4.21. The fourth-order valence-corrected chi connectivity index (χ4v) is 5.97. The van der Waals surface area contributed by atoms with Crippen molar-refractivity contribution >= 4 is 30.9 Å². The van der Waals surface area contributed by atoms with E-state index < -0.39 is 19.9 Å². The molecule has 1 aromatic carbocycles. The molecule has 0 bridgehead atoms. The summed E-state index contributed by atoms with van der Waals surface area (Å²) in [7, 11) is -6.56. The van der Waals surface area contributed by atoms with Gasteiger partial charge in [-0.05, 0) is 43.4 Å². The van der Waals surface area contributed by atoms with Crippen molar-refractivity contribution in [2.75, 3.05) is 18.1 Å². The maximum absolute atomic E-state index is 12.3. The normalized spacial score (nSPS) is 20.6. The number of sulfonamides is 1. The molecule has 132 valence electrons. The summed E-state index contributed by atoms with van der Waals surface area (Å²) >= 11 is 0. The van der Waals surface area contributed by atoms with E-state index in [0.29, 0.717) is 30.3 Å². The van der Waals surface area contributed by atoms with Gasteiger partial charge in [-0.1, -0.05) is 0 Å². The van der Waals surface area contributed by atoms with Crippen molar-refractivity contribution in [3.63, 3.8) is 0 Å². The van der Waals surface area contributed by atoms with E-state index in [9.17, 15) is 21.6 Å². The molecule has 0 amide bonds. The Balaban J connectivity index is 1.58. The van der Waals surface area contributed by atoms with E-state index in [4.69, 9.17) is 0 Å². The number of aromatic nitrogens is 2. The largest absolute Gasteiger partial charge is 0.323 e. The molecular formula is C14H19N3O5S2. The molecule has 0 radical (unpaired) electrons. The van der Waals surface area contributed by atoms with Crippen LogP contribution in [0.2, 0.25) is 0 Å². The first-order valence-electron chi connectivity index (χ1n) is 7.67. The quantitative estimate of drug-likeness (QED) is 0.629. The van der Waals surface area contributed by atoms with Gasteiger partial charge in [0.1, 0.15) is 0 Å². The lowest BCUT2D eigenvalue weighted by Crippen LogP contribution is -2.25. The van der Waals surface area contributed by atoms with Gasteiger partial charge in [0.2, 0.25) is 10.0 Å². The Hall–Kier alpha value is -1.65. The monoisotopic (exact) mass is 373 g/mol. The number of H-pyrrole nitrogens is 2. The first-order chi connectivity index (χ1) is 11.3. The van der Waals surface area contributed by atoms with Crippen molar-refractivity contribution in [1.82, 2.24) is 14.7 Å². The highest BCUT2D eigenvalue weighted by molar-refractivity contribution is 7.91. The Bertz CT molecular complexity index is 1000. The minimum atomic E-state index is -3.67. The zero-order valence-corrected chi connectivity index (χ0v) is 14.5. The molecule has 1 atom stereocenters. The average Bonchev–Trinajstić information content (AvgIpc) is 3.03. The maximum atomic E-state index is 12.3. The molecule has 0 aliphatic carbocycles. The standard InChI is InChI=1S/C14H19N3O5S2/c18-14-16-12-4-3-11(8-13(12)17-14)24(21,22)15-6-1-2-10-5-7-23(19,20)9-10/h3-4,8,10,15H,1-2,5-7,9H2,(H2,16,17,18). The maximum Gasteiger partial charge on any atom is 0.323 e. The van der Waals surface area contributed by atoms with Gasteiger partial charge in [0, 0.05) is 6.54 Å². The summed E-state index contributed by atoms with van der Waals surface area (Å²) < 4.78 is 49.8. The van der Waals surface area contributed by atoms with Gasteiger partial charge in [0.05, 0.1) is 27.4 Å². The number of sulfone groups is 1. The molecule has 3 N–H and O–H groups in total. The third kappa shape index (κ3) is 3.87. The second kappa shape index (κ2) is 6.34. The Morgan fingerprint density at radius 1 is 1.21 bits per heavy atom. The van der Waals surface area contributed by atoms with Gasteiger partial charge < -0.3 is 9.97 Å². The number of rotatable bonds is 6. The van der Waals surface area contributed by atoms with E-state index in [2.05, 4.69) is 14.7 Å². The van der Waals surface area contributed by atoms with Gasteiger partial charge in [0.15, 0.2) is 9.84 Å². The van der Waals surface area contributed by atoms with Crippen molar-refractivity contribution < 1.29 is 16.8 Å². The summed E-state index contributed by atoms with van der Waals surface area (Å²) in [5.41, 5.74) is 0.583. The molecule has 1 fully saturated rings. The molecule has 1 saturated heterocycles. The van der Waals surface area contributed by atoms with E-state index in [0.717, 1.165) is 0 Å². The first kappa shape index (κ1) is 17.2. The van der Waals surface area contributed by atoms with Crippen molar-refractivity contribution in [3.05, 3.63) is 28.7 Å². The first-order valence-corrected chi connectivity index (χ1v) is 11.0. The Labute approximate surface area is 139 Å². The Morgan fingerprint density at radius 3 is 2.67 bits per heavy atom. The van der Waals surface area contributed by atoms with E-state index in [1.165, 1.54) is 18.2 Å². The molecule has 24 heavy (non-hydrogen) atoms. The van der Waals surface area contributed by atoms with E-state index in [1.807, 2.05) is 0 Å². The predicted octanol–water partition coefficient (Wildman–Crippen LogP) is 0.349. The number of benzene rings is 1. The molecule has 10 heteroatoms. The number of hydrogen-bond donors (Lipinski definition) is 3. The molecule has 1 aromatic heterocycles. The lowest BCUT2D eigenvalue weighted by atomic mass is 10.0. The fraction of sp³-hybridized carbons (Fsp3) is 0.500. The molecule has 3 rings (SSSR count). The third-order valence-corrected chi connectivity index (χ3v) is 7.50. The van der Waals surface area contributed by atoms with E-state index in [1.54, 1.807) is 0 Å². The summed E-state index contributed by atoms with van der Waals surface area (Å²) in [6, 6.07) is 4.36. The summed E-state index contributed by atoms with van der Waals surface area (Å²) in [4.78, 5) is 16.4. The van der Waals surface area contributed by atoms with Crippen molar-refractivity contribution in [2.24, 2.45) is 5.92 Å². The molecule has 0 saturated carbocycles. The number of nitrogens with one attached hydrogen (secondary N) is 3. The minimum absolute atomic E-state index is 0.0775. The SMILES string of the molecule is O=c1[nH]c2ccc(S(=O)(=O)NCCCC3CCS(=O)(=O)C3)cc2[nH]1. The minimum Gasteiger partial charge on any atom is -0.306 e. The van der Waals surface area contributed by atoms with Gasteiger partial charge >= 0.3 is 5.69 Å². The van der Waals surface area contributed by atoms with Crippen LogP contribution in [0.3, 0.4) is 0 Å². The van der Waals surface area contributed by atoms with Crippen LogP contribution < -0.4 is 10.4 Å². The fourth-order valence-electron chi connectivity index (χ4n) is 2.96. The zero-order chi connectivity index (χ0) is 17.4. The van der Waals surface area contributed by atoms with Gasteiger partial charge in [-0.2, -0.15) is 0 Å². The van der Waals surface area contributed by atoms with Crippen LogP contribution in [0.15, 0.2) is 27.9 Å². The Kier molecular flexibility index (Phi) is 4.54. The van der Waals surface area contributed by atoms with Crippen molar-refractivity contribution in [2.45, 2.75) is 24.2 Å². The Morgan fingerprint density at radius 2 is 1.96 bits per heavy atom. The van der Waals surface area contributed by atoms with Crippen LogP contribution in [0.5, 0.6) is 0 Å². The summed E-state index contributed by atoms with van der Waals surface area (Å²) in [6.45, 7) is 0.251. The van der Waals surface area contributed by atoms with Gasteiger partial charge in [0.25, 0.3) is 0 Å². The number of aromatic amines is 2. The molecule has 0 spiro atoms. The topological polar surface area (TPSA) is 129 Å². The highest BCUT2D eigenvalue weighted by Gasteiger charge is 2.27. The zero-order valence-electron chi connectivity index (χ0n) is 12.9. The van der Waals surface area contributed by atoms with Gasteiger partial charge in [-0.25, -0.2) is 26.4 Å². The molecule has 2 aromatic rings. The highest BCUT2D eigenvalue weighted by atomic mass is 32.2.